The fourth-order valence-electron chi connectivity index (χ4n) is 2.46. The molecule has 22 heavy (non-hydrogen) atoms. The van der Waals surface area contributed by atoms with Crippen molar-refractivity contribution in [2.75, 3.05) is 7.11 Å². The van der Waals surface area contributed by atoms with Crippen LogP contribution in [0.25, 0.3) is 0 Å². The van der Waals surface area contributed by atoms with Crippen molar-refractivity contribution in [2.24, 2.45) is 0 Å². The summed E-state index contributed by atoms with van der Waals surface area (Å²) in [4.78, 5) is 25.1. The van der Waals surface area contributed by atoms with Crippen LogP contribution in [-0.2, 0) is 14.3 Å². The molecule has 128 valence electrons. The molecule has 1 heterocycles. The largest absolute Gasteiger partial charge is 0.467 e. The van der Waals surface area contributed by atoms with Gasteiger partial charge in [0.2, 0.25) is 0 Å². The van der Waals surface area contributed by atoms with E-state index in [-0.39, 0.29) is 12.8 Å². The van der Waals surface area contributed by atoms with E-state index in [9.17, 15) is 22.8 Å². The minimum absolute atomic E-state index is 0.254. The molecule has 0 aromatic heterocycles. The van der Waals surface area contributed by atoms with Gasteiger partial charge in [-0.1, -0.05) is 0 Å². The van der Waals surface area contributed by atoms with E-state index >= 15 is 0 Å². The van der Waals surface area contributed by atoms with E-state index in [1.165, 1.54) is 7.11 Å². The van der Waals surface area contributed by atoms with Gasteiger partial charge in [0.25, 0.3) is 0 Å². The lowest BCUT2D eigenvalue weighted by atomic mass is 10.1. The Bertz CT molecular complexity index is 417. The summed E-state index contributed by atoms with van der Waals surface area (Å²) in [6.45, 7) is 4.95. The average molecular weight is 325 g/mol. The van der Waals surface area contributed by atoms with Crippen LogP contribution in [0.1, 0.15) is 46.5 Å². The number of carbonyl (C=O) groups is 2. The normalized spacial score (nSPS) is 22.6. The van der Waals surface area contributed by atoms with Crippen molar-refractivity contribution in [3.63, 3.8) is 0 Å². The first-order valence-corrected chi connectivity index (χ1v) is 7.10. The summed E-state index contributed by atoms with van der Waals surface area (Å²) >= 11 is 0. The number of esters is 1. The molecule has 1 fully saturated rings. The molecule has 0 radical (unpaired) electrons. The predicted octanol–water partition coefficient (Wildman–Crippen LogP) is 3.27. The van der Waals surface area contributed by atoms with Crippen LogP contribution >= 0.6 is 0 Å². The van der Waals surface area contributed by atoms with Crippen molar-refractivity contribution < 1.29 is 32.2 Å². The molecule has 0 aromatic rings. The molecule has 0 aromatic carbocycles. The Morgan fingerprint density at radius 2 is 1.77 bits per heavy atom. The summed E-state index contributed by atoms with van der Waals surface area (Å²) in [5.74, 6) is -0.639. The lowest BCUT2D eigenvalue weighted by molar-refractivity contribution is -0.147. The average Bonchev–Trinajstić information content (AvgIpc) is 2.76. The molecule has 8 heteroatoms. The summed E-state index contributed by atoms with van der Waals surface area (Å²) in [5, 5.41) is 0. The molecule has 1 amide bonds. The van der Waals surface area contributed by atoms with Crippen molar-refractivity contribution >= 4 is 12.1 Å². The lowest BCUT2D eigenvalue weighted by Gasteiger charge is -2.31. The van der Waals surface area contributed by atoms with E-state index in [1.54, 1.807) is 20.8 Å². The van der Waals surface area contributed by atoms with Crippen LogP contribution in [0.4, 0.5) is 18.0 Å². The molecule has 5 nitrogen and oxygen atoms in total. The number of alkyl halides is 3. The monoisotopic (exact) mass is 325 g/mol. The molecule has 1 rings (SSSR count). The van der Waals surface area contributed by atoms with Gasteiger partial charge in [0.05, 0.1) is 7.11 Å². The van der Waals surface area contributed by atoms with Crippen LogP contribution < -0.4 is 0 Å². The highest BCUT2D eigenvalue weighted by Gasteiger charge is 2.44. The van der Waals surface area contributed by atoms with E-state index < -0.39 is 42.3 Å². The molecule has 0 spiro atoms. The lowest BCUT2D eigenvalue weighted by Crippen LogP contribution is -2.47. The van der Waals surface area contributed by atoms with Crippen molar-refractivity contribution in [3.05, 3.63) is 0 Å². The molecule has 2 unspecified atom stereocenters. The van der Waals surface area contributed by atoms with E-state index in [0.29, 0.717) is 6.42 Å². The number of amides is 1. The van der Waals surface area contributed by atoms with Crippen molar-refractivity contribution in [2.45, 2.75) is 70.3 Å². The molecule has 0 N–H and O–H groups in total. The van der Waals surface area contributed by atoms with Gasteiger partial charge in [0.1, 0.15) is 11.6 Å². The zero-order valence-corrected chi connectivity index (χ0v) is 13.2. The number of ether oxygens (including phenoxy) is 2. The second kappa shape index (κ2) is 6.75. The number of hydrogen-bond acceptors (Lipinski definition) is 4. The Hall–Kier alpha value is -1.47. The van der Waals surface area contributed by atoms with Crippen LogP contribution in [0.3, 0.4) is 0 Å². The van der Waals surface area contributed by atoms with Gasteiger partial charge in [0.15, 0.2) is 0 Å². The van der Waals surface area contributed by atoms with Gasteiger partial charge in [0, 0.05) is 12.5 Å². The highest BCUT2D eigenvalue weighted by atomic mass is 19.4. The minimum atomic E-state index is -4.30. The van der Waals surface area contributed by atoms with E-state index in [1.807, 2.05) is 0 Å². The van der Waals surface area contributed by atoms with Gasteiger partial charge in [-0.15, -0.1) is 0 Å². The Labute approximate surface area is 127 Å². The van der Waals surface area contributed by atoms with Gasteiger partial charge in [-0.05, 0) is 40.0 Å². The van der Waals surface area contributed by atoms with E-state index in [4.69, 9.17) is 4.74 Å². The molecule has 1 aliphatic rings. The van der Waals surface area contributed by atoms with Crippen LogP contribution in [0.5, 0.6) is 0 Å². The second-order valence-corrected chi connectivity index (χ2v) is 6.31. The summed E-state index contributed by atoms with van der Waals surface area (Å²) in [6, 6.07) is -1.57. The van der Waals surface area contributed by atoms with Crippen LogP contribution in [0.15, 0.2) is 0 Å². The fraction of sp³-hybridized carbons (Fsp3) is 0.857. The molecule has 2 atom stereocenters. The molecular formula is C14H22F3NO4. The Morgan fingerprint density at radius 3 is 2.23 bits per heavy atom. The molecule has 1 aliphatic heterocycles. The number of hydrogen-bond donors (Lipinski definition) is 0. The van der Waals surface area contributed by atoms with Crippen molar-refractivity contribution in [1.29, 1.82) is 0 Å². The zero-order chi connectivity index (χ0) is 17.1. The summed E-state index contributed by atoms with van der Waals surface area (Å²) in [6.07, 6.45) is -5.76. The Kier molecular flexibility index (Phi) is 5.70. The second-order valence-electron chi connectivity index (χ2n) is 6.31. The number of halogens is 3. The van der Waals surface area contributed by atoms with Gasteiger partial charge >= 0.3 is 18.2 Å². The van der Waals surface area contributed by atoms with Crippen molar-refractivity contribution in [3.8, 4) is 0 Å². The molecule has 0 saturated carbocycles. The molecule has 0 bridgehead atoms. The van der Waals surface area contributed by atoms with Crippen LogP contribution in [-0.4, -0.2) is 47.9 Å². The fourth-order valence-corrected chi connectivity index (χ4v) is 2.46. The van der Waals surface area contributed by atoms with Gasteiger partial charge in [-0.2, -0.15) is 13.2 Å². The quantitative estimate of drug-likeness (QED) is 0.747. The van der Waals surface area contributed by atoms with Crippen LogP contribution in [0.2, 0.25) is 0 Å². The third-order valence-corrected chi connectivity index (χ3v) is 3.34. The Morgan fingerprint density at radius 1 is 1.18 bits per heavy atom. The summed E-state index contributed by atoms with van der Waals surface area (Å²) in [5.41, 5.74) is -0.797. The SMILES string of the molecule is COC(=O)C1CCC(CCC(F)(F)F)N1C(=O)OC(C)(C)C. The smallest absolute Gasteiger partial charge is 0.411 e. The Balaban J connectivity index is 2.87. The third-order valence-electron chi connectivity index (χ3n) is 3.34. The van der Waals surface area contributed by atoms with Crippen LogP contribution in [0, 0.1) is 0 Å². The zero-order valence-electron chi connectivity index (χ0n) is 13.2. The number of methoxy groups -OCH3 is 1. The van der Waals surface area contributed by atoms with Gasteiger partial charge in [-0.25, -0.2) is 9.59 Å². The first-order valence-electron chi connectivity index (χ1n) is 7.10. The van der Waals surface area contributed by atoms with E-state index in [0.717, 1.165) is 4.90 Å². The topological polar surface area (TPSA) is 55.8 Å². The maximum absolute atomic E-state index is 12.4. The highest BCUT2D eigenvalue weighted by Crippen LogP contribution is 2.33. The first-order chi connectivity index (χ1) is 9.94. The highest BCUT2D eigenvalue weighted by molar-refractivity contribution is 5.82. The van der Waals surface area contributed by atoms with Gasteiger partial charge < -0.3 is 9.47 Å². The molecular weight excluding hydrogens is 303 g/mol. The number of carbonyl (C=O) groups excluding carboxylic acids is 2. The maximum Gasteiger partial charge on any atom is 0.411 e. The summed E-state index contributed by atoms with van der Waals surface area (Å²) in [7, 11) is 1.18. The first kappa shape index (κ1) is 18.6. The summed E-state index contributed by atoms with van der Waals surface area (Å²) < 4.78 is 47.0. The number of nitrogens with zero attached hydrogens (tertiary/aromatic N) is 1. The molecule has 0 aliphatic carbocycles. The predicted molar refractivity (Wildman–Crippen MR) is 72.2 cm³/mol. The number of rotatable bonds is 3. The maximum atomic E-state index is 12.4. The standard InChI is InChI=1S/C14H22F3NO4/c1-13(2,3)22-12(20)18-9(7-8-14(15,16)17)5-6-10(18)11(19)21-4/h9-10H,5-8H2,1-4H3. The van der Waals surface area contributed by atoms with Crippen molar-refractivity contribution in [1.82, 2.24) is 4.90 Å². The molecule has 1 saturated heterocycles. The van der Waals surface area contributed by atoms with Gasteiger partial charge in [-0.3, -0.25) is 4.90 Å². The third kappa shape index (κ3) is 5.38. The minimum Gasteiger partial charge on any atom is -0.467 e. The van der Waals surface area contributed by atoms with E-state index in [2.05, 4.69) is 4.74 Å². The number of likely N-dealkylation sites (tertiary alicyclic amines) is 1.